The van der Waals surface area contributed by atoms with E-state index in [1.54, 1.807) is 0 Å². The maximum absolute atomic E-state index is 11.6. The predicted octanol–water partition coefficient (Wildman–Crippen LogP) is 4.43. The fourth-order valence-electron chi connectivity index (χ4n) is 3.81. The Morgan fingerprint density at radius 3 is 2.43 bits per heavy atom. The first-order valence-corrected chi connectivity index (χ1v) is 11.8. The SMILES string of the molecule is O=C(O)C(CCc1nc(CCCc2ccc3c(n2)NCCC3)no1)c1ccccc1.O=C(O)C(F)(F)F. The van der Waals surface area contributed by atoms with Gasteiger partial charge in [0.2, 0.25) is 5.89 Å². The Balaban J connectivity index is 0.000000479. The normalized spacial score (nSPS) is 13.5. The molecule has 0 saturated carbocycles. The van der Waals surface area contributed by atoms with Crippen LogP contribution in [-0.2, 0) is 35.3 Å². The third-order valence-electron chi connectivity index (χ3n) is 5.68. The van der Waals surface area contributed by atoms with Gasteiger partial charge in [-0.25, -0.2) is 9.78 Å². The summed E-state index contributed by atoms with van der Waals surface area (Å²) in [6.45, 7) is 0.988. The summed E-state index contributed by atoms with van der Waals surface area (Å²) in [6, 6.07) is 13.5. The number of carboxylic acids is 2. The summed E-state index contributed by atoms with van der Waals surface area (Å²) >= 11 is 0. The second-order valence-electron chi connectivity index (χ2n) is 8.44. The minimum atomic E-state index is -5.08. The number of nitrogens with one attached hydrogen (secondary N) is 1. The first-order chi connectivity index (χ1) is 17.6. The van der Waals surface area contributed by atoms with E-state index in [9.17, 15) is 23.1 Å². The first kappa shape index (κ1) is 27.6. The van der Waals surface area contributed by atoms with E-state index in [1.807, 2.05) is 30.3 Å². The zero-order valence-electron chi connectivity index (χ0n) is 19.9. The molecule has 12 heteroatoms. The highest BCUT2D eigenvalue weighted by atomic mass is 19.4. The predicted molar refractivity (Wildman–Crippen MR) is 126 cm³/mol. The summed E-state index contributed by atoms with van der Waals surface area (Å²) in [5.41, 5.74) is 3.15. The number of carbonyl (C=O) groups is 2. The lowest BCUT2D eigenvalue weighted by Gasteiger charge is -2.17. The minimum Gasteiger partial charge on any atom is -0.481 e. The number of aryl methyl sites for hydroxylation is 4. The lowest BCUT2D eigenvalue weighted by atomic mass is 9.94. The third kappa shape index (κ3) is 8.58. The fraction of sp³-hybridized carbons (Fsp3) is 0.400. The lowest BCUT2D eigenvalue weighted by Crippen LogP contribution is -2.21. The molecular formula is C25H27F3N4O5. The molecule has 0 saturated heterocycles. The number of fused-ring (bicyclic) bond motifs is 1. The van der Waals surface area contributed by atoms with Crippen LogP contribution in [0.25, 0.3) is 0 Å². The Labute approximate surface area is 210 Å². The van der Waals surface area contributed by atoms with E-state index in [2.05, 4.69) is 27.6 Å². The molecule has 9 nitrogen and oxygen atoms in total. The Kier molecular flexibility index (Phi) is 9.58. The summed E-state index contributed by atoms with van der Waals surface area (Å²) in [7, 11) is 0. The Hall–Kier alpha value is -3.96. The molecule has 1 unspecified atom stereocenters. The van der Waals surface area contributed by atoms with E-state index in [1.165, 1.54) is 5.56 Å². The largest absolute Gasteiger partial charge is 0.490 e. The number of nitrogens with zero attached hydrogens (tertiary/aromatic N) is 3. The number of carboxylic acid groups (broad SMARTS) is 2. The first-order valence-electron chi connectivity index (χ1n) is 11.8. The maximum atomic E-state index is 11.6. The number of aromatic nitrogens is 3. The molecule has 0 fully saturated rings. The number of aliphatic carboxylic acids is 2. The fourth-order valence-corrected chi connectivity index (χ4v) is 3.81. The van der Waals surface area contributed by atoms with Crippen LogP contribution in [0.1, 0.15) is 53.7 Å². The molecule has 3 heterocycles. The van der Waals surface area contributed by atoms with Crippen LogP contribution in [0.5, 0.6) is 0 Å². The molecule has 0 aliphatic carbocycles. The molecule has 198 valence electrons. The van der Waals surface area contributed by atoms with E-state index >= 15 is 0 Å². The highest BCUT2D eigenvalue weighted by Gasteiger charge is 2.38. The molecule has 3 N–H and O–H groups in total. The second kappa shape index (κ2) is 12.8. The summed E-state index contributed by atoms with van der Waals surface area (Å²) in [6.07, 6.45) is 0.474. The van der Waals surface area contributed by atoms with Gasteiger partial charge in [-0.2, -0.15) is 18.2 Å². The molecule has 2 aromatic heterocycles. The van der Waals surface area contributed by atoms with Gasteiger partial charge in [-0.15, -0.1) is 0 Å². The Bertz CT molecular complexity index is 1180. The van der Waals surface area contributed by atoms with Gasteiger partial charge in [-0.3, -0.25) is 4.79 Å². The monoisotopic (exact) mass is 520 g/mol. The molecule has 37 heavy (non-hydrogen) atoms. The molecular weight excluding hydrogens is 493 g/mol. The van der Waals surface area contributed by atoms with Gasteiger partial charge in [0.1, 0.15) is 5.82 Å². The number of rotatable bonds is 9. The van der Waals surface area contributed by atoms with Crippen LogP contribution in [0, 0.1) is 0 Å². The van der Waals surface area contributed by atoms with E-state index in [4.69, 9.17) is 19.4 Å². The van der Waals surface area contributed by atoms with Crippen LogP contribution in [-0.4, -0.2) is 50.0 Å². The Morgan fingerprint density at radius 2 is 1.76 bits per heavy atom. The summed E-state index contributed by atoms with van der Waals surface area (Å²) < 4.78 is 37.1. The number of pyridine rings is 1. The molecule has 1 aliphatic heterocycles. The highest BCUT2D eigenvalue weighted by molar-refractivity contribution is 5.76. The topological polar surface area (TPSA) is 138 Å². The van der Waals surface area contributed by atoms with Gasteiger partial charge in [0, 0.05) is 25.1 Å². The molecule has 1 atom stereocenters. The van der Waals surface area contributed by atoms with Gasteiger partial charge >= 0.3 is 18.1 Å². The summed E-state index contributed by atoms with van der Waals surface area (Å²) in [5.74, 6) is -2.01. The Morgan fingerprint density at radius 1 is 1.03 bits per heavy atom. The smallest absolute Gasteiger partial charge is 0.481 e. The van der Waals surface area contributed by atoms with Crippen molar-refractivity contribution in [2.24, 2.45) is 0 Å². The number of alkyl halides is 3. The zero-order valence-corrected chi connectivity index (χ0v) is 19.9. The third-order valence-corrected chi connectivity index (χ3v) is 5.68. The zero-order chi connectivity index (χ0) is 26.8. The van der Waals surface area contributed by atoms with E-state index in [-0.39, 0.29) is 0 Å². The van der Waals surface area contributed by atoms with Crippen molar-refractivity contribution in [3.63, 3.8) is 0 Å². The average Bonchev–Trinajstić information content (AvgIpc) is 3.32. The van der Waals surface area contributed by atoms with E-state index in [0.29, 0.717) is 31.0 Å². The van der Waals surface area contributed by atoms with Crippen LogP contribution in [0.3, 0.4) is 0 Å². The quantitative estimate of drug-likeness (QED) is 0.374. The van der Waals surface area contributed by atoms with Crippen molar-refractivity contribution >= 4 is 17.8 Å². The maximum Gasteiger partial charge on any atom is 0.490 e. The van der Waals surface area contributed by atoms with Crippen LogP contribution in [0.15, 0.2) is 47.0 Å². The van der Waals surface area contributed by atoms with Crippen molar-refractivity contribution in [3.05, 3.63) is 71.0 Å². The van der Waals surface area contributed by atoms with E-state index in [0.717, 1.165) is 49.3 Å². The number of hydrogen-bond acceptors (Lipinski definition) is 7. The van der Waals surface area contributed by atoms with Crippen molar-refractivity contribution in [1.29, 1.82) is 0 Å². The number of halogens is 3. The van der Waals surface area contributed by atoms with Crippen LogP contribution >= 0.6 is 0 Å². The van der Waals surface area contributed by atoms with Crippen molar-refractivity contribution in [2.75, 3.05) is 11.9 Å². The molecule has 3 aromatic rings. The van der Waals surface area contributed by atoms with Gasteiger partial charge < -0.3 is 20.1 Å². The molecule has 0 radical (unpaired) electrons. The van der Waals surface area contributed by atoms with Crippen molar-refractivity contribution in [2.45, 2.75) is 57.0 Å². The molecule has 0 spiro atoms. The van der Waals surface area contributed by atoms with E-state index < -0.39 is 24.0 Å². The van der Waals surface area contributed by atoms with Gasteiger partial charge in [-0.1, -0.05) is 41.6 Å². The van der Waals surface area contributed by atoms with Crippen LogP contribution in [0.4, 0.5) is 19.0 Å². The standard InChI is InChI=1S/C23H26N4O3.C2HF3O2/c28-23(29)19(16-6-2-1-3-7-16)13-14-21-26-20(27-30-21)10-4-9-18-12-11-17-8-5-15-24-22(17)25-18;3-2(4,5)1(6)7/h1-3,6-7,11-12,19H,4-5,8-10,13-15H2,(H,24,25)(H,28,29);(H,6,7). The van der Waals surface area contributed by atoms with Crippen molar-refractivity contribution < 1.29 is 37.5 Å². The lowest BCUT2D eigenvalue weighted by molar-refractivity contribution is -0.192. The number of anilines is 1. The number of hydrogen-bond donors (Lipinski definition) is 3. The van der Waals surface area contributed by atoms with Gasteiger partial charge in [0.25, 0.3) is 0 Å². The summed E-state index contributed by atoms with van der Waals surface area (Å²) in [4.78, 5) is 29.7. The molecule has 1 aliphatic rings. The van der Waals surface area contributed by atoms with Crippen LogP contribution < -0.4 is 5.32 Å². The molecule has 0 bridgehead atoms. The molecule has 4 rings (SSSR count). The van der Waals surface area contributed by atoms with Crippen molar-refractivity contribution in [1.82, 2.24) is 15.1 Å². The van der Waals surface area contributed by atoms with Crippen molar-refractivity contribution in [3.8, 4) is 0 Å². The average molecular weight is 521 g/mol. The van der Waals surface area contributed by atoms with Gasteiger partial charge in [0.15, 0.2) is 5.82 Å². The molecule has 0 amide bonds. The van der Waals surface area contributed by atoms with Crippen LogP contribution in [0.2, 0.25) is 0 Å². The highest BCUT2D eigenvalue weighted by Crippen LogP contribution is 2.22. The van der Waals surface area contributed by atoms with Gasteiger partial charge in [-0.05, 0) is 49.3 Å². The summed E-state index contributed by atoms with van der Waals surface area (Å²) in [5, 5.41) is 24.1. The molecule has 1 aromatic carbocycles. The second-order valence-corrected chi connectivity index (χ2v) is 8.44. The number of benzene rings is 1. The minimum absolute atomic E-state index is 0.424. The van der Waals surface area contributed by atoms with Gasteiger partial charge in [0.05, 0.1) is 5.92 Å².